The van der Waals surface area contributed by atoms with Crippen molar-refractivity contribution in [3.05, 3.63) is 38.8 Å². The molecule has 0 aliphatic heterocycles. The number of aromatic nitrogens is 1. The Labute approximate surface area is 93.0 Å². The largest absolute Gasteiger partial charge is 0.492 e. The lowest BCUT2D eigenvalue weighted by Gasteiger charge is -2.07. The molecule has 0 fully saturated rings. The van der Waals surface area contributed by atoms with Crippen LogP contribution in [0.15, 0.2) is 27.6 Å². The molecule has 2 rings (SSSR count). The lowest BCUT2D eigenvalue weighted by Crippen LogP contribution is -2.03. The summed E-state index contributed by atoms with van der Waals surface area (Å²) in [6, 6.07) is 2.89. The molecule has 0 saturated carbocycles. The average molecular weight is 272 g/mol. The number of pyridine rings is 1. The van der Waals surface area contributed by atoms with Gasteiger partial charge in [0.15, 0.2) is 17.0 Å². The molecule has 78 valence electrons. The molecule has 0 unspecified atom stereocenters. The van der Waals surface area contributed by atoms with Gasteiger partial charge in [0.05, 0.1) is 17.1 Å². The van der Waals surface area contributed by atoms with Crippen molar-refractivity contribution >= 4 is 26.8 Å². The summed E-state index contributed by atoms with van der Waals surface area (Å²) in [5.74, 6) is -0.482. The fourth-order valence-electron chi connectivity index (χ4n) is 1.41. The summed E-state index contributed by atoms with van der Waals surface area (Å²) in [7, 11) is 1.37. The van der Waals surface area contributed by atoms with Crippen molar-refractivity contribution in [3.63, 3.8) is 0 Å². The molecule has 1 aromatic carbocycles. The zero-order chi connectivity index (χ0) is 11.0. The van der Waals surface area contributed by atoms with E-state index in [1.165, 1.54) is 25.4 Å². The fraction of sp³-hybridized carbons (Fsp3) is 0.100. The molecule has 0 amide bonds. The van der Waals surface area contributed by atoms with E-state index in [1.807, 2.05) is 0 Å². The van der Waals surface area contributed by atoms with Crippen LogP contribution in [0.1, 0.15) is 0 Å². The number of benzene rings is 1. The first-order valence-electron chi connectivity index (χ1n) is 4.18. The summed E-state index contributed by atoms with van der Waals surface area (Å²) in [5, 5.41) is 0.294. The predicted molar refractivity (Wildman–Crippen MR) is 58.8 cm³/mol. The normalized spacial score (nSPS) is 10.6. The molecule has 0 saturated heterocycles. The maximum atomic E-state index is 13.8. The Kier molecular flexibility index (Phi) is 2.48. The topological polar surface area (TPSA) is 42.1 Å². The Hall–Kier alpha value is -1.36. The second-order valence-electron chi connectivity index (χ2n) is 2.97. The fourth-order valence-corrected chi connectivity index (χ4v) is 1.98. The Morgan fingerprint density at radius 1 is 1.53 bits per heavy atom. The minimum atomic E-state index is -0.570. The zero-order valence-corrected chi connectivity index (χ0v) is 9.39. The number of hydrogen-bond acceptors (Lipinski definition) is 2. The van der Waals surface area contributed by atoms with E-state index in [-0.39, 0.29) is 16.7 Å². The second kappa shape index (κ2) is 3.66. The monoisotopic (exact) mass is 271 g/mol. The molecular formula is C10H7BrFNO2. The van der Waals surface area contributed by atoms with Crippen molar-refractivity contribution in [3.8, 4) is 5.75 Å². The maximum absolute atomic E-state index is 13.8. The number of hydrogen-bond donors (Lipinski definition) is 1. The SMILES string of the molecule is COc1c(Br)cc2c(=O)cc[nH]c2c1F. The molecule has 0 atom stereocenters. The summed E-state index contributed by atoms with van der Waals surface area (Å²) in [6.45, 7) is 0. The van der Waals surface area contributed by atoms with Gasteiger partial charge >= 0.3 is 0 Å². The minimum absolute atomic E-state index is 0.0874. The predicted octanol–water partition coefficient (Wildman–Crippen LogP) is 2.44. The first kappa shape index (κ1) is 10.2. The number of aromatic amines is 1. The van der Waals surface area contributed by atoms with E-state index in [9.17, 15) is 9.18 Å². The summed E-state index contributed by atoms with van der Waals surface area (Å²) in [6.07, 6.45) is 1.40. The molecule has 0 aliphatic carbocycles. The zero-order valence-electron chi connectivity index (χ0n) is 7.80. The average Bonchev–Trinajstić information content (AvgIpc) is 2.20. The molecule has 1 aromatic heterocycles. The highest BCUT2D eigenvalue weighted by Crippen LogP contribution is 2.31. The molecule has 0 aliphatic rings. The van der Waals surface area contributed by atoms with Crippen LogP contribution in [0.3, 0.4) is 0 Å². The second-order valence-corrected chi connectivity index (χ2v) is 3.82. The van der Waals surface area contributed by atoms with E-state index >= 15 is 0 Å². The quantitative estimate of drug-likeness (QED) is 0.866. The number of H-pyrrole nitrogens is 1. The molecular weight excluding hydrogens is 265 g/mol. The third-order valence-corrected chi connectivity index (χ3v) is 2.70. The van der Waals surface area contributed by atoms with E-state index in [2.05, 4.69) is 20.9 Å². The number of ether oxygens (including phenoxy) is 1. The van der Waals surface area contributed by atoms with Crippen LogP contribution in [0.4, 0.5) is 4.39 Å². The Morgan fingerprint density at radius 2 is 2.27 bits per heavy atom. The lowest BCUT2D eigenvalue weighted by molar-refractivity contribution is 0.386. The van der Waals surface area contributed by atoms with Crippen molar-refractivity contribution in [1.82, 2.24) is 4.98 Å². The van der Waals surface area contributed by atoms with Crippen LogP contribution in [0.2, 0.25) is 0 Å². The van der Waals surface area contributed by atoms with Crippen LogP contribution in [0, 0.1) is 5.82 Å². The van der Waals surface area contributed by atoms with Crippen molar-refractivity contribution in [1.29, 1.82) is 0 Å². The Morgan fingerprint density at radius 3 is 2.93 bits per heavy atom. The van der Waals surface area contributed by atoms with Crippen LogP contribution in [0.25, 0.3) is 10.9 Å². The smallest absolute Gasteiger partial charge is 0.190 e. The van der Waals surface area contributed by atoms with E-state index in [4.69, 9.17) is 4.74 Å². The van der Waals surface area contributed by atoms with Gasteiger partial charge in [-0.2, -0.15) is 0 Å². The van der Waals surface area contributed by atoms with Crippen LogP contribution in [-0.2, 0) is 0 Å². The van der Waals surface area contributed by atoms with E-state index < -0.39 is 5.82 Å². The highest BCUT2D eigenvalue weighted by Gasteiger charge is 2.14. The summed E-state index contributed by atoms with van der Waals surface area (Å²) < 4.78 is 19.1. The van der Waals surface area contributed by atoms with Crippen molar-refractivity contribution in [2.75, 3.05) is 7.11 Å². The van der Waals surface area contributed by atoms with Crippen LogP contribution in [-0.4, -0.2) is 12.1 Å². The first-order valence-corrected chi connectivity index (χ1v) is 4.98. The molecule has 0 bridgehead atoms. The maximum Gasteiger partial charge on any atom is 0.190 e. The highest BCUT2D eigenvalue weighted by molar-refractivity contribution is 9.10. The number of fused-ring (bicyclic) bond motifs is 1. The summed E-state index contributed by atoms with van der Waals surface area (Å²) in [5.41, 5.74) is -0.0754. The standard InChI is InChI=1S/C10H7BrFNO2/c1-15-10-6(11)4-5-7(14)2-3-13-9(5)8(10)12/h2-4H,1H3,(H,13,14). The van der Waals surface area contributed by atoms with E-state index in [0.717, 1.165) is 0 Å². The Balaban J connectivity index is 2.97. The van der Waals surface area contributed by atoms with E-state index in [1.54, 1.807) is 0 Å². The third-order valence-electron chi connectivity index (χ3n) is 2.11. The number of nitrogens with one attached hydrogen (secondary N) is 1. The summed E-state index contributed by atoms with van der Waals surface area (Å²) >= 11 is 3.14. The van der Waals surface area contributed by atoms with Gasteiger partial charge in [0.25, 0.3) is 0 Å². The molecule has 2 aromatic rings. The third kappa shape index (κ3) is 1.52. The number of halogens is 2. The van der Waals surface area contributed by atoms with Crippen molar-refractivity contribution < 1.29 is 9.13 Å². The van der Waals surface area contributed by atoms with Gasteiger partial charge in [0.1, 0.15) is 0 Å². The van der Waals surface area contributed by atoms with Gasteiger partial charge in [0, 0.05) is 17.6 Å². The van der Waals surface area contributed by atoms with Crippen LogP contribution < -0.4 is 10.2 Å². The number of rotatable bonds is 1. The Bertz CT molecular complexity index is 579. The van der Waals surface area contributed by atoms with Gasteiger partial charge in [-0.3, -0.25) is 4.79 Å². The van der Waals surface area contributed by atoms with Gasteiger partial charge in [-0.25, -0.2) is 4.39 Å². The van der Waals surface area contributed by atoms with E-state index in [0.29, 0.717) is 9.86 Å². The van der Waals surface area contributed by atoms with Gasteiger partial charge in [0.2, 0.25) is 0 Å². The van der Waals surface area contributed by atoms with Crippen LogP contribution in [0.5, 0.6) is 5.75 Å². The van der Waals surface area contributed by atoms with Gasteiger partial charge in [-0.05, 0) is 22.0 Å². The van der Waals surface area contributed by atoms with Crippen molar-refractivity contribution in [2.24, 2.45) is 0 Å². The minimum Gasteiger partial charge on any atom is -0.492 e. The molecule has 1 heterocycles. The molecule has 0 radical (unpaired) electrons. The molecule has 3 nitrogen and oxygen atoms in total. The molecule has 1 N–H and O–H groups in total. The van der Waals surface area contributed by atoms with Gasteiger partial charge in [-0.1, -0.05) is 0 Å². The van der Waals surface area contributed by atoms with Gasteiger partial charge < -0.3 is 9.72 Å². The summed E-state index contributed by atoms with van der Waals surface area (Å²) in [4.78, 5) is 14.1. The van der Waals surface area contributed by atoms with Gasteiger partial charge in [-0.15, -0.1) is 0 Å². The highest BCUT2D eigenvalue weighted by atomic mass is 79.9. The molecule has 5 heteroatoms. The lowest BCUT2D eigenvalue weighted by atomic mass is 10.2. The van der Waals surface area contributed by atoms with Crippen LogP contribution >= 0.6 is 15.9 Å². The first-order chi connectivity index (χ1) is 7.15. The van der Waals surface area contributed by atoms with Crippen molar-refractivity contribution in [2.45, 2.75) is 0 Å². The number of methoxy groups -OCH3 is 1. The molecule has 0 spiro atoms. The molecule has 15 heavy (non-hydrogen) atoms.